The van der Waals surface area contributed by atoms with Crippen molar-refractivity contribution in [3.8, 4) is 0 Å². The minimum absolute atomic E-state index is 0.00515. The third-order valence-electron chi connectivity index (χ3n) is 5.63. The highest BCUT2D eigenvalue weighted by atomic mass is 31.2. The molecule has 2 aromatic heterocycles. The zero-order chi connectivity index (χ0) is 25.8. The fourth-order valence-corrected chi connectivity index (χ4v) is 4.80. The first-order valence-electron chi connectivity index (χ1n) is 11.0. The summed E-state index contributed by atoms with van der Waals surface area (Å²) in [4.78, 5) is 37.3. The van der Waals surface area contributed by atoms with Gasteiger partial charge in [-0.1, -0.05) is 24.3 Å². The molecular weight excluding hydrogens is 498 g/mol. The van der Waals surface area contributed by atoms with E-state index in [1.807, 2.05) is 70.1 Å². The third-order valence-corrected chi connectivity index (χ3v) is 7.57. The topological polar surface area (TPSA) is 123 Å². The fourth-order valence-electron chi connectivity index (χ4n) is 3.72. The second-order valence-electron chi connectivity index (χ2n) is 8.26. The highest BCUT2D eigenvalue weighted by molar-refractivity contribution is 7.60. The molecule has 0 atom stereocenters. The predicted octanol–water partition coefficient (Wildman–Crippen LogP) is 2.13. The Bertz CT molecular complexity index is 1360. The molecule has 0 fully saturated rings. The van der Waals surface area contributed by atoms with E-state index >= 15 is 0 Å². The van der Waals surface area contributed by atoms with Crippen LogP contribution in [-0.4, -0.2) is 19.6 Å². The molecular formula is C26H26N2O6P2+2. The Labute approximate surface area is 208 Å². The molecule has 8 nitrogen and oxygen atoms in total. The molecule has 0 spiro atoms. The van der Waals surface area contributed by atoms with Gasteiger partial charge in [-0.15, -0.1) is 0 Å². The van der Waals surface area contributed by atoms with Crippen molar-refractivity contribution in [2.45, 2.75) is 13.1 Å². The van der Waals surface area contributed by atoms with Crippen molar-refractivity contribution < 1.29 is 37.8 Å². The van der Waals surface area contributed by atoms with Crippen LogP contribution in [0.5, 0.6) is 0 Å². The summed E-state index contributed by atoms with van der Waals surface area (Å²) in [7, 11) is -8.54. The zero-order valence-corrected chi connectivity index (χ0v) is 21.0. The van der Waals surface area contributed by atoms with Crippen LogP contribution in [0.3, 0.4) is 0 Å². The number of aromatic nitrogens is 2. The fraction of sp³-hybridized carbons (Fsp3) is 0.0769. The minimum Gasteiger partial charge on any atom is -0.321 e. The zero-order valence-electron chi connectivity index (χ0n) is 19.2. The van der Waals surface area contributed by atoms with Crippen LogP contribution in [0.25, 0.3) is 12.2 Å². The maximum absolute atomic E-state index is 11.4. The molecule has 0 aliphatic heterocycles. The van der Waals surface area contributed by atoms with E-state index in [-0.39, 0.29) is 10.6 Å². The van der Waals surface area contributed by atoms with Gasteiger partial charge in [0.25, 0.3) is 0 Å². The smallest absolute Gasteiger partial charge is 0.321 e. The van der Waals surface area contributed by atoms with E-state index in [2.05, 4.69) is 0 Å². The first kappa shape index (κ1) is 25.9. The highest BCUT2D eigenvalue weighted by Gasteiger charge is 2.18. The van der Waals surface area contributed by atoms with Crippen LogP contribution in [0.2, 0.25) is 0 Å². The van der Waals surface area contributed by atoms with Gasteiger partial charge in [-0.25, -0.2) is 0 Å². The summed E-state index contributed by atoms with van der Waals surface area (Å²) in [5.41, 5.74) is 3.70. The van der Waals surface area contributed by atoms with Gasteiger partial charge >= 0.3 is 15.2 Å². The second kappa shape index (κ2) is 10.8. The first-order chi connectivity index (χ1) is 17.1. The van der Waals surface area contributed by atoms with Crippen molar-refractivity contribution in [2.75, 3.05) is 0 Å². The highest BCUT2D eigenvalue weighted by Crippen LogP contribution is 2.33. The molecule has 0 saturated carbocycles. The van der Waals surface area contributed by atoms with E-state index in [1.54, 1.807) is 24.3 Å². The van der Waals surface area contributed by atoms with Crippen molar-refractivity contribution in [2.24, 2.45) is 0 Å². The van der Waals surface area contributed by atoms with Gasteiger partial charge in [-0.2, -0.15) is 9.13 Å². The van der Waals surface area contributed by atoms with Gasteiger partial charge in [0.15, 0.2) is 25.5 Å². The van der Waals surface area contributed by atoms with Crippen molar-refractivity contribution >= 4 is 38.0 Å². The molecule has 36 heavy (non-hydrogen) atoms. The average Bonchev–Trinajstić information content (AvgIpc) is 2.84. The molecule has 0 unspecified atom stereocenters. The van der Waals surface area contributed by atoms with Crippen LogP contribution >= 0.6 is 15.2 Å². The molecule has 10 heteroatoms. The molecule has 2 heterocycles. The van der Waals surface area contributed by atoms with E-state index in [1.165, 1.54) is 24.3 Å². The molecule has 0 radical (unpaired) electrons. The molecule has 2 aromatic carbocycles. The molecule has 184 valence electrons. The second-order valence-corrected chi connectivity index (χ2v) is 11.5. The minimum atomic E-state index is -4.27. The maximum Gasteiger partial charge on any atom is 0.356 e. The van der Waals surface area contributed by atoms with Gasteiger partial charge in [0.1, 0.15) is 0 Å². The Kier molecular flexibility index (Phi) is 7.76. The predicted molar refractivity (Wildman–Crippen MR) is 137 cm³/mol. The quantitative estimate of drug-likeness (QED) is 0.207. The van der Waals surface area contributed by atoms with E-state index in [4.69, 9.17) is 0 Å². The lowest BCUT2D eigenvalue weighted by Gasteiger charge is -2.06. The average molecular weight is 524 g/mol. The standard InChI is InChI=1S/C26H24N2O6P2/c29-35(30,31)25-13-7-21(8-14-25)19-27-17-3-1-5-23(27)11-12-24-6-2-4-18-28(24)20-22-9-15-26(16-10-22)36(32,33)34/h1-18H,19-20H2,(H2-2,29,30,31,32,33,34)/p+2. The molecule has 0 bridgehead atoms. The lowest BCUT2D eigenvalue weighted by atomic mass is 10.2. The van der Waals surface area contributed by atoms with Gasteiger partial charge in [-0.05, 0) is 36.4 Å². The van der Waals surface area contributed by atoms with E-state index in [0.717, 1.165) is 22.5 Å². The van der Waals surface area contributed by atoms with Crippen LogP contribution in [0, 0.1) is 0 Å². The summed E-state index contributed by atoms with van der Waals surface area (Å²) < 4.78 is 26.9. The number of pyridine rings is 2. The number of rotatable bonds is 8. The van der Waals surface area contributed by atoms with Crippen LogP contribution in [0.1, 0.15) is 22.5 Å². The largest absolute Gasteiger partial charge is 0.356 e. The van der Waals surface area contributed by atoms with Gasteiger partial charge in [0.2, 0.25) is 11.4 Å². The van der Waals surface area contributed by atoms with Gasteiger partial charge < -0.3 is 19.6 Å². The summed E-state index contributed by atoms with van der Waals surface area (Å²) in [6.07, 6.45) is 7.87. The van der Waals surface area contributed by atoms with Crippen molar-refractivity contribution in [1.29, 1.82) is 0 Å². The normalized spacial score (nSPS) is 12.2. The van der Waals surface area contributed by atoms with Crippen LogP contribution in [0.15, 0.2) is 97.3 Å². The molecule has 0 amide bonds. The maximum atomic E-state index is 11.4. The number of hydrogen-bond donors (Lipinski definition) is 4. The molecule has 4 N–H and O–H groups in total. The summed E-state index contributed by atoms with van der Waals surface area (Å²) in [5.74, 6) is 0. The summed E-state index contributed by atoms with van der Waals surface area (Å²) in [6.45, 7) is 1.06. The number of nitrogens with zero attached hydrogens (tertiary/aromatic N) is 2. The molecule has 4 aromatic rings. The first-order valence-corrected chi connectivity index (χ1v) is 14.3. The van der Waals surface area contributed by atoms with E-state index in [9.17, 15) is 28.7 Å². The van der Waals surface area contributed by atoms with Crippen molar-refractivity contribution in [3.05, 3.63) is 120 Å². The van der Waals surface area contributed by atoms with Crippen molar-refractivity contribution in [3.63, 3.8) is 0 Å². The molecule has 4 rings (SSSR count). The molecule has 0 saturated heterocycles. The Morgan fingerprint density at radius 1 is 0.556 bits per heavy atom. The van der Waals surface area contributed by atoms with E-state index in [0.29, 0.717) is 13.1 Å². The van der Waals surface area contributed by atoms with Gasteiger partial charge in [-0.3, -0.25) is 9.13 Å². The van der Waals surface area contributed by atoms with Crippen LogP contribution < -0.4 is 19.7 Å². The van der Waals surface area contributed by atoms with E-state index < -0.39 is 15.2 Å². The van der Waals surface area contributed by atoms with Crippen LogP contribution in [0.4, 0.5) is 0 Å². The Hall–Kier alpha value is -3.22. The van der Waals surface area contributed by atoms with Crippen molar-refractivity contribution in [1.82, 2.24) is 0 Å². The molecule has 0 aliphatic carbocycles. The lowest BCUT2D eigenvalue weighted by molar-refractivity contribution is -0.691. The lowest BCUT2D eigenvalue weighted by Crippen LogP contribution is -2.38. The monoisotopic (exact) mass is 524 g/mol. The van der Waals surface area contributed by atoms with Crippen LogP contribution in [-0.2, 0) is 22.2 Å². The third kappa shape index (κ3) is 6.71. The Morgan fingerprint density at radius 2 is 0.917 bits per heavy atom. The summed E-state index contributed by atoms with van der Waals surface area (Å²) >= 11 is 0. The van der Waals surface area contributed by atoms with Gasteiger partial charge in [0, 0.05) is 47.5 Å². The SMILES string of the molecule is O=P(O)(O)c1ccc(C[n+]2ccccc2C=Cc2cccc[n+]2Cc2ccc(P(=O)(O)O)cc2)cc1. The summed E-state index contributed by atoms with van der Waals surface area (Å²) in [6, 6.07) is 24.3. The molecule has 0 aliphatic rings. The number of benzene rings is 2. The van der Waals surface area contributed by atoms with Gasteiger partial charge in [0.05, 0.1) is 10.6 Å². The summed E-state index contributed by atoms with van der Waals surface area (Å²) in [5, 5.41) is -0.0103. The number of hydrogen-bond acceptors (Lipinski definition) is 2. The Balaban J connectivity index is 1.54. The Morgan fingerprint density at radius 3 is 1.25 bits per heavy atom.